The molecule has 1 aromatic heterocycles. The van der Waals surface area contributed by atoms with Gasteiger partial charge in [-0.2, -0.15) is 0 Å². The molecule has 0 bridgehead atoms. The molecule has 0 spiro atoms. The number of rotatable bonds is 5. The Kier molecular flexibility index (Phi) is 4.72. The Labute approximate surface area is 159 Å². The number of carbonyl (C=O) groups excluding carboxylic acids is 1. The van der Waals surface area contributed by atoms with Gasteiger partial charge in [-0.3, -0.25) is 4.79 Å². The third kappa shape index (κ3) is 4.06. The van der Waals surface area contributed by atoms with Crippen molar-refractivity contribution in [3.63, 3.8) is 0 Å². The average molecular weight is 384 g/mol. The largest absolute Gasteiger partial charge is 0.482 e. The fourth-order valence-electron chi connectivity index (χ4n) is 2.80. The van der Waals surface area contributed by atoms with Gasteiger partial charge in [-0.05, 0) is 42.3 Å². The molecule has 138 valence electrons. The molecule has 0 saturated heterocycles. The summed E-state index contributed by atoms with van der Waals surface area (Å²) in [7, 11) is 0. The second-order valence-corrected chi connectivity index (χ2v) is 7.32. The molecule has 27 heavy (non-hydrogen) atoms. The molecule has 0 radical (unpaired) electrons. The summed E-state index contributed by atoms with van der Waals surface area (Å²) in [6.45, 7) is 2.05. The topological polar surface area (TPSA) is 76.1 Å². The van der Waals surface area contributed by atoms with E-state index in [4.69, 9.17) is 4.74 Å². The molecular formula is C19H17FN4O2S. The second kappa shape index (κ2) is 7.32. The summed E-state index contributed by atoms with van der Waals surface area (Å²) >= 11 is 1.46. The standard InChI is InChI=1S/C19H17FN4O2S/c1-11(13-4-7-16-15(9-13)22-17(25)10-26-16)21-19-24-23-18(27-19)8-12-2-5-14(20)6-3-12/h2-7,9,11H,8,10H2,1H3,(H,21,24)(H,22,25). The van der Waals surface area contributed by atoms with Crippen LogP contribution in [0.3, 0.4) is 0 Å². The zero-order valence-corrected chi connectivity index (χ0v) is 15.3. The smallest absolute Gasteiger partial charge is 0.262 e. The number of carbonyl (C=O) groups is 1. The fraction of sp³-hybridized carbons (Fsp3) is 0.211. The van der Waals surface area contributed by atoms with Crippen LogP contribution in [0.5, 0.6) is 5.75 Å². The molecule has 2 aromatic carbocycles. The van der Waals surface area contributed by atoms with Gasteiger partial charge in [-0.15, -0.1) is 10.2 Å². The Hall–Kier alpha value is -3.00. The number of halogens is 1. The first kappa shape index (κ1) is 17.4. The van der Waals surface area contributed by atoms with Crippen molar-refractivity contribution in [1.82, 2.24) is 10.2 Å². The van der Waals surface area contributed by atoms with Gasteiger partial charge in [0.25, 0.3) is 5.91 Å². The van der Waals surface area contributed by atoms with Crippen molar-refractivity contribution in [2.75, 3.05) is 17.2 Å². The average Bonchev–Trinajstić information content (AvgIpc) is 3.09. The number of ether oxygens (including phenoxy) is 1. The number of amides is 1. The number of hydrogen-bond donors (Lipinski definition) is 2. The van der Waals surface area contributed by atoms with Crippen LogP contribution in [0.1, 0.15) is 29.1 Å². The van der Waals surface area contributed by atoms with Crippen LogP contribution in [0.2, 0.25) is 0 Å². The summed E-state index contributed by atoms with van der Waals surface area (Å²) < 4.78 is 18.4. The highest BCUT2D eigenvalue weighted by atomic mass is 32.1. The number of hydrogen-bond acceptors (Lipinski definition) is 6. The normalized spacial score (nSPS) is 14.1. The lowest BCUT2D eigenvalue weighted by Gasteiger charge is -2.20. The zero-order valence-electron chi connectivity index (χ0n) is 14.5. The Morgan fingerprint density at radius 2 is 2.07 bits per heavy atom. The van der Waals surface area contributed by atoms with Crippen molar-refractivity contribution >= 4 is 28.1 Å². The molecule has 1 aliphatic rings. The molecule has 2 heterocycles. The van der Waals surface area contributed by atoms with E-state index in [1.807, 2.05) is 25.1 Å². The van der Waals surface area contributed by atoms with Crippen LogP contribution in [-0.4, -0.2) is 22.7 Å². The lowest BCUT2D eigenvalue weighted by Crippen LogP contribution is -2.25. The van der Waals surface area contributed by atoms with Gasteiger partial charge >= 0.3 is 0 Å². The molecule has 0 fully saturated rings. The lowest BCUT2D eigenvalue weighted by atomic mass is 10.1. The van der Waals surface area contributed by atoms with Crippen LogP contribution < -0.4 is 15.4 Å². The number of nitrogens with zero attached hydrogens (tertiary/aromatic N) is 2. The van der Waals surface area contributed by atoms with Gasteiger partial charge in [0.05, 0.1) is 11.7 Å². The molecule has 8 heteroatoms. The Bertz CT molecular complexity index is 974. The number of fused-ring (bicyclic) bond motifs is 1. The molecule has 1 amide bonds. The Morgan fingerprint density at radius 3 is 2.89 bits per heavy atom. The van der Waals surface area contributed by atoms with Crippen LogP contribution in [0.25, 0.3) is 0 Å². The third-order valence-corrected chi connectivity index (χ3v) is 5.07. The van der Waals surface area contributed by atoms with Gasteiger partial charge in [0.2, 0.25) is 5.13 Å². The van der Waals surface area contributed by atoms with E-state index in [-0.39, 0.29) is 24.4 Å². The molecule has 1 unspecified atom stereocenters. The van der Waals surface area contributed by atoms with Crippen LogP contribution >= 0.6 is 11.3 Å². The first-order valence-electron chi connectivity index (χ1n) is 8.47. The highest BCUT2D eigenvalue weighted by Crippen LogP contribution is 2.32. The van der Waals surface area contributed by atoms with Crippen LogP contribution in [0, 0.1) is 5.82 Å². The second-order valence-electron chi connectivity index (χ2n) is 6.26. The highest BCUT2D eigenvalue weighted by Gasteiger charge is 2.18. The molecule has 2 N–H and O–H groups in total. The van der Waals surface area contributed by atoms with E-state index in [0.717, 1.165) is 16.1 Å². The maximum atomic E-state index is 13.0. The minimum atomic E-state index is -0.251. The molecule has 0 saturated carbocycles. The van der Waals surface area contributed by atoms with Gasteiger partial charge < -0.3 is 15.4 Å². The van der Waals surface area contributed by atoms with Gasteiger partial charge in [0.15, 0.2) is 6.61 Å². The molecule has 4 rings (SSSR count). The summed E-state index contributed by atoms with van der Waals surface area (Å²) in [5, 5.41) is 16.1. The minimum absolute atomic E-state index is 0.0271. The summed E-state index contributed by atoms with van der Waals surface area (Å²) in [5.74, 6) is 0.261. The van der Waals surface area contributed by atoms with E-state index in [9.17, 15) is 9.18 Å². The summed E-state index contributed by atoms with van der Waals surface area (Å²) in [6.07, 6.45) is 0.607. The number of anilines is 2. The summed E-state index contributed by atoms with van der Waals surface area (Å²) in [6, 6.07) is 12.0. The molecular weight excluding hydrogens is 367 g/mol. The number of benzene rings is 2. The third-order valence-electron chi connectivity index (χ3n) is 4.21. The van der Waals surface area contributed by atoms with Gasteiger partial charge in [-0.25, -0.2) is 4.39 Å². The van der Waals surface area contributed by atoms with Gasteiger partial charge in [0, 0.05) is 6.42 Å². The monoisotopic (exact) mass is 384 g/mol. The molecule has 6 nitrogen and oxygen atoms in total. The zero-order chi connectivity index (χ0) is 18.8. The van der Waals surface area contributed by atoms with E-state index in [2.05, 4.69) is 20.8 Å². The fourth-order valence-corrected chi connectivity index (χ4v) is 3.66. The van der Waals surface area contributed by atoms with Crippen molar-refractivity contribution in [3.8, 4) is 5.75 Å². The van der Waals surface area contributed by atoms with E-state index >= 15 is 0 Å². The van der Waals surface area contributed by atoms with Crippen molar-refractivity contribution in [2.45, 2.75) is 19.4 Å². The van der Waals surface area contributed by atoms with Gasteiger partial charge in [0.1, 0.15) is 16.6 Å². The van der Waals surface area contributed by atoms with E-state index < -0.39 is 0 Å². The molecule has 1 aliphatic heterocycles. The molecule has 3 aromatic rings. The Balaban J connectivity index is 1.43. The summed E-state index contributed by atoms with van der Waals surface area (Å²) in [5.41, 5.74) is 2.65. The van der Waals surface area contributed by atoms with E-state index in [1.54, 1.807) is 12.1 Å². The quantitative estimate of drug-likeness (QED) is 0.700. The SMILES string of the molecule is CC(Nc1nnc(Cc2ccc(F)cc2)s1)c1ccc2c(c1)NC(=O)CO2. The first-order chi connectivity index (χ1) is 13.1. The molecule has 0 aliphatic carbocycles. The van der Waals surface area contributed by atoms with Crippen molar-refractivity contribution in [2.24, 2.45) is 0 Å². The van der Waals surface area contributed by atoms with Crippen LogP contribution in [0.15, 0.2) is 42.5 Å². The first-order valence-corrected chi connectivity index (χ1v) is 9.28. The predicted octanol–water partition coefficient (Wildman–Crippen LogP) is 3.77. The van der Waals surface area contributed by atoms with E-state index in [0.29, 0.717) is 23.0 Å². The number of nitrogens with one attached hydrogen (secondary N) is 2. The summed E-state index contributed by atoms with van der Waals surface area (Å²) in [4.78, 5) is 11.5. The van der Waals surface area contributed by atoms with Crippen molar-refractivity contribution < 1.29 is 13.9 Å². The van der Waals surface area contributed by atoms with Gasteiger partial charge in [-0.1, -0.05) is 29.5 Å². The van der Waals surface area contributed by atoms with E-state index in [1.165, 1.54) is 23.5 Å². The van der Waals surface area contributed by atoms with Crippen LogP contribution in [0.4, 0.5) is 15.2 Å². The van der Waals surface area contributed by atoms with Crippen molar-refractivity contribution in [1.29, 1.82) is 0 Å². The maximum absolute atomic E-state index is 13.0. The lowest BCUT2D eigenvalue weighted by molar-refractivity contribution is -0.118. The predicted molar refractivity (Wildman–Crippen MR) is 102 cm³/mol. The number of aromatic nitrogens is 2. The van der Waals surface area contributed by atoms with Crippen LogP contribution in [-0.2, 0) is 11.2 Å². The minimum Gasteiger partial charge on any atom is -0.482 e. The Morgan fingerprint density at radius 1 is 1.26 bits per heavy atom. The maximum Gasteiger partial charge on any atom is 0.262 e. The van der Waals surface area contributed by atoms with Crippen molar-refractivity contribution in [3.05, 3.63) is 64.4 Å². The molecule has 1 atom stereocenters. The highest BCUT2D eigenvalue weighted by molar-refractivity contribution is 7.15.